The first kappa shape index (κ1) is 15.3. The molecule has 1 saturated carbocycles. The largest absolute Gasteiger partial charge is 0.297 e. The third kappa shape index (κ3) is 3.93. The molecule has 0 amide bonds. The van der Waals surface area contributed by atoms with Crippen LogP contribution in [0.15, 0.2) is 0 Å². The normalized spacial score (nSPS) is 24.8. The van der Waals surface area contributed by atoms with Gasteiger partial charge in [0.15, 0.2) is 0 Å². The van der Waals surface area contributed by atoms with E-state index < -0.39 is 0 Å². The number of nitrogens with one attached hydrogen (secondary N) is 1. The van der Waals surface area contributed by atoms with Crippen LogP contribution in [0, 0.1) is 5.92 Å². The molecule has 0 bridgehead atoms. The molecule has 2 rings (SSSR count). The Balaban J connectivity index is 1.86. The summed E-state index contributed by atoms with van der Waals surface area (Å²) in [6.45, 7) is 7.23. The van der Waals surface area contributed by atoms with Crippen molar-refractivity contribution in [3.8, 4) is 0 Å². The second-order valence-electron chi connectivity index (χ2n) is 7.15. The molecule has 3 nitrogen and oxygen atoms in total. The molecule has 1 aliphatic heterocycles. The summed E-state index contributed by atoms with van der Waals surface area (Å²) in [5.74, 6) is 6.84. The Labute approximate surface area is 119 Å². The van der Waals surface area contributed by atoms with Crippen LogP contribution in [0.5, 0.6) is 0 Å². The topological polar surface area (TPSA) is 41.3 Å². The number of piperidine rings is 1. The standard InChI is InChI=1S/C16H33N3/c1-16(2,19-12-6-3-7-13-19)15(18-17)11-10-14-8-4-5-9-14/h14-15,18H,3-13,17H2,1-2H3. The lowest BCUT2D eigenvalue weighted by Crippen LogP contribution is -2.60. The van der Waals surface area contributed by atoms with Crippen LogP contribution in [0.25, 0.3) is 0 Å². The van der Waals surface area contributed by atoms with Crippen LogP contribution in [0.4, 0.5) is 0 Å². The van der Waals surface area contributed by atoms with E-state index in [0.717, 1.165) is 5.92 Å². The number of hydrogen-bond donors (Lipinski definition) is 2. The van der Waals surface area contributed by atoms with Crippen molar-refractivity contribution < 1.29 is 0 Å². The molecular weight excluding hydrogens is 234 g/mol. The van der Waals surface area contributed by atoms with Crippen LogP contribution < -0.4 is 11.3 Å². The highest BCUT2D eigenvalue weighted by Gasteiger charge is 2.35. The van der Waals surface area contributed by atoms with Gasteiger partial charge in [-0.2, -0.15) is 0 Å². The number of hydrogen-bond acceptors (Lipinski definition) is 3. The maximum Gasteiger partial charge on any atom is 0.0389 e. The summed E-state index contributed by atoms with van der Waals surface area (Å²) in [6, 6.07) is 0.422. The van der Waals surface area contributed by atoms with E-state index in [9.17, 15) is 0 Å². The molecule has 112 valence electrons. The van der Waals surface area contributed by atoms with Crippen molar-refractivity contribution in [2.24, 2.45) is 11.8 Å². The molecule has 0 aromatic carbocycles. The lowest BCUT2D eigenvalue weighted by molar-refractivity contribution is 0.0561. The highest BCUT2D eigenvalue weighted by atomic mass is 15.3. The van der Waals surface area contributed by atoms with Gasteiger partial charge in [-0.25, -0.2) is 0 Å². The third-order valence-electron chi connectivity index (χ3n) is 5.56. The zero-order valence-corrected chi connectivity index (χ0v) is 13.0. The molecule has 3 N–H and O–H groups in total. The van der Waals surface area contributed by atoms with Crippen molar-refractivity contribution in [3.05, 3.63) is 0 Å². The van der Waals surface area contributed by atoms with E-state index in [-0.39, 0.29) is 5.54 Å². The summed E-state index contributed by atoms with van der Waals surface area (Å²) in [6.07, 6.45) is 12.5. The van der Waals surface area contributed by atoms with Crippen molar-refractivity contribution in [2.45, 2.75) is 83.2 Å². The van der Waals surface area contributed by atoms with Crippen molar-refractivity contribution in [2.75, 3.05) is 13.1 Å². The van der Waals surface area contributed by atoms with Gasteiger partial charge < -0.3 is 0 Å². The van der Waals surface area contributed by atoms with Crippen molar-refractivity contribution in [1.29, 1.82) is 0 Å². The molecule has 19 heavy (non-hydrogen) atoms. The van der Waals surface area contributed by atoms with E-state index in [1.165, 1.54) is 70.9 Å². The zero-order chi connectivity index (χ0) is 13.7. The highest BCUT2D eigenvalue weighted by molar-refractivity contribution is 4.94. The Hall–Kier alpha value is -0.120. The number of likely N-dealkylation sites (tertiary alicyclic amines) is 1. The van der Waals surface area contributed by atoms with Crippen LogP contribution in [0.1, 0.15) is 71.6 Å². The van der Waals surface area contributed by atoms with Gasteiger partial charge in [0.1, 0.15) is 0 Å². The Morgan fingerprint density at radius 3 is 2.32 bits per heavy atom. The second-order valence-corrected chi connectivity index (χ2v) is 7.15. The minimum atomic E-state index is 0.188. The molecule has 2 fully saturated rings. The summed E-state index contributed by atoms with van der Waals surface area (Å²) in [4.78, 5) is 2.65. The maximum atomic E-state index is 5.87. The first-order valence-electron chi connectivity index (χ1n) is 8.36. The minimum Gasteiger partial charge on any atom is -0.297 e. The third-order valence-corrected chi connectivity index (χ3v) is 5.56. The number of nitrogens with two attached hydrogens (primary N) is 1. The SMILES string of the molecule is CC(C)(C(CCC1CCCC1)NN)N1CCCCC1. The van der Waals surface area contributed by atoms with E-state index in [2.05, 4.69) is 24.2 Å². The lowest BCUT2D eigenvalue weighted by atomic mass is 9.85. The van der Waals surface area contributed by atoms with Crippen LogP contribution in [-0.2, 0) is 0 Å². The van der Waals surface area contributed by atoms with E-state index in [1.807, 2.05) is 0 Å². The smallest absolute Gasteiger partial charge is 0.0389 e. The fourth-order valence-electron chi connectivity index (χ4n) is 4.03. The first-order chi connectivity index (χ1) is 9.14. The number of rotatable bonds is 6. The average Bonchev–Trinajstić information content (AvgIpc) is 2.93. The van der Waals surface area contributed by atoms with Crippen LogP contribution in [0.2, 0.25) is 0 Å². The van der Waals surface area contributed by atoms with Crippen LogP contribution in [-0.4, -0.2) is 29.6 Å². The first-order valence-corrected chi connectivity index (χ1v) is 8.36. The Bertz CT molecular complexity index is 253. The van der Waals surface area contributed by atoms with E-state index >= 15 is 0 Å². The summed E-state index contributed by atoms with van der Waals surface area (Å²) >= 11 is 0. The van der Waals surface area contributed by atoms with Crippen molar-refractivity contribution in [3.63, 3.8) is 0 Å². The second kappa shape index (κ2) is 7.05. The van der Waals surface area contributed by atoms with Gasteiger partial charge >= 0.3 is 0 Å². The quantitative estimate of drug-likeness (QED) is 0.574. The summed E-state index contributed by atoms with van der Waals surface area (Å²) in [5.41, 5.74) is 3.31. The zero-order valence-electron chi connectivity index (χ0n) is 13.0. The summed E-state index contributed by atoms with van der Waals surface area (Å²) in [7, 11) is 0. The molecule has 1 atom stereocenters. The monoisotopic (exact) mass is 267 g/mol. The van der Waals surface area contributed by atoms with Crippen LogP contribution >= 0.6 is 0 Å². The summed E-state index contributed by atoms with van der Waals surface area (Å²) in [5, 5.41) is 0. The molecule has 3 heteroatoms. The van der Waals surface area contributed by atoms with Crippen molar-refractivity contribution in [1.82, 2.24) is 10.3 Å². The van der Waals surface area contributed by atoms with Gasteiger partial charge in [-0.05, 0) is 58.5 Å². The fourth-order valence-corrected chi connectivity index (χ4v) is 4.03. The van der Waals surface area contributed by atoms with Gasteiger partial charge in [0.25, 0.3) is 0 Å². The lowest BCUT2D eigenvalue weighted by Gasteiger charge is -2.46. The predicted octanol–water partition coefficient (Wildman–Crippen LogP) is 3.05. The molecule has 0 spiro atoms. The van der Waals surface area contributed by atoms with Gasteiger partial charge in [0.2, 0.25) is 0 Å². The van der Waals surface area contributed by atoms with Crippen molar-refractivity contribution >= 4 is 0 Å². The molecule has 1 saturated heterocycles. The van der Waals surface area contributed by atoms with E-state index in [4.69, 9.17) is 5.84 Å². The Morgan fingerprint density at radius 1 is 1.11 bits per heavy atom. The van der Waals surface area contributed by atoms with Gasteiger partial charge in [-0.3, -0.25) is 16.2 Å². The predicted molar refractivity (Wildman–Crippen MR) is 81.8 cm³/mol. The summed E-state index contributed by atoms with van der Waals surface area (Å²) < 4.78 is 0. The van der Waals surface area contributed by atoms with E-state index in [1.54, 1.807) is 0 Å². The fraction of sp³-hybridized carbons (Fsp3) is 1.00. The maximum absolute atomic E-state index is 5.87. The average molecular weight is 267 g/mol. The molecule has 1 heterocycles. The van der Waals surface area contributed by atoms with Gasteiger partial charge in [-0.15, -0.1) is 0 Å². The molecule has 0 radical (unpaired) electrons. The van der Waals surface area contributed by atoms with Gasteiger partial charge in [0.05, 0.1) is 0 Å². The van der Waals surface area contributed by atoms with Gasteiger partial charge in [-0.1, -0.05) is 32.1 Å². The molecule has 0 aromatic rings. The Kier molecular flexibility index (Phi) is 5.67. The highest BCUT2D eigenvalue weighted by Crippen LogP contribution is 2.32. The molecule has 1 aliphatic carbocycles. The van der Waals surface area contributed by atoms with Gasteiger partial charge in [0, 0.05) is 11.6 Å². The molecule has 0 aromatic heterocycles. The van der Waals surface area contributed by atoms with Crippen LogP contribution in [0.3, 0.4) is 0 Å². The number of nitrogens with zero attached hydrogens (tertiary/aromatic N) is 1. The van der Waals surface area contributed by atoms with E-state index in [0.29, 0.717) is 6.04 Å². The molecule has 2 aliphatic rings. The minimum absolute atomic E-state index is 0.188. The Morgan fingerprint density at radius 2 is 1.74 bits per heavy atom. The molecular formula is C16H33N3. The number of hydrazine groups is 1. The molecule has 1 unspecified atom stereocenters.